The van der Waals surface area contributed by atoms with Crippen LogP contribution in [0, 0.1) is 13.8 Å². The van der Waals surface area contributed by atoms with Gasteiger partial charge in [0.05, 0.1) is 24.0 Å². The lowest BCUT2D eigenvalue weighted by molar-refractivity contribution is -0.137. The van der Waals surface area contributed by atoms with E-state index in [4.69, 9.17) is 5.90 Å². The van der Waals surface area contributed by atoms with Gasteiger partial charge in [0.25, 0.3) is 0 Å². The Bertz CT molecular complexity index is 1160. The Morgan fingerprint density at radius 1 is 1.12 bits per heavy atom. The number of benzene rings is 1. The number of halogens is 3. The predicted octanol–water partition coefficient (Wildman–Crippen LogP) is 3.77. The summed E-state index contributed by atoms with van der Waals surface area (Å²) in [4.78, 5) is 29.5. The summed E-state index contributed by atoms with van der Waals surface area (Å²) in [6.07, 6.45) is -0.0132. The lowest BCUT2D eigenvalue weighted by Gasteiger charge is -2.12. The summed E-state index contributed by atoms with van der Waals surface area (Å²) in [6, 6.07) is 7.09. The molecule has 0 bridgehead atoms. The molecule has 34 heavy (non-hydrogen) atoms. The molecule has 0 radical (unpaired) electrons. The average Bonchev–Trinajstić information content (AvgIpc) is 2.79. The van der Waals surface area contributed by atoms with Gasteiger partial charge in [-0.2, -0.15) is 19.1 Å². The molecule has 1 aromatic carbocycles. The van der Waals surface area contributed by atoms with Crippen LogP contribution >= 0.6 is 0 Å². The van der Waals surface area contributed by atoms with Crippen LogP contribution in [0.15, 0.2) is 61.0 Å². The van der Waals surface area contributed by atoms with E-state index in [-0.39, 0.29) is 18.1 Å². The van der Waals surface area contributed by atoms with Crippen molar-refractivity contribution in [2.24, 2.45) is 5.90 Å². The molecular weight excluding hydrogens is 451 g/mol. The smallest absolute Gasteiger partial charge is 0.391 e. The van der Waals surface area contributed by atoms with E-state index >= 15 is 0 Å². The summed E-state index contributed by atoms with van der Waals surface area (Å²) in [6.45, 7) is 4.08. The van der Waals surface area contributed by atoms with Crippen LogP contribution < -0.4 is 21.8 Å². The molecule has 2 heterocycles. The first-order valence-corrected chi connectivity index (χ1v) is 9.96. The Morgan fingerprint density at radius 3 is 2.47 bits per heavy atom. The van der Waals surface area contributed by atoms with Crippen molar-refractivity contribution in [1.29, 1.82) is 0 Å². The molecule has 5 N–H and O–H groups in total. The molecule has 0 saturated heterocycles. The number of pyridine rings is 1. The number of carbonyl (C=O) groups is 1. The first-order chi connectivity index (χ1) is 16.2. The lowest BCUT2D eigenvalue weighted by Crippen LogP contribution is -2.31. The summed E-state index contributed by atoms with van der Waals surface area (Å²) in [5.74, 6) is 5.00. The fourth-order valence-corrected chi connectivity index (χ4v) is 3.08. The molecule has 2 amide bonds. The van der Waals surface area contributed by atoms with Gasteiger partial charge in [0.2, 0.25) is 5.88 Å². The zero-order valence-electron chi connectivity index (χ0n) is 18.3. The lowest BCUT2D eigenvalue weighted by atomic mass is 10.0. The van der Waals surface area contributed by atoms with E-state index in [1.807, 2.05) is 26.0 Å². The largest absolute Gasteiger partial charge is 0.416 e. The van der Waals surface area contributed by atoms with Crippen LogP contribution in [-0.4, -0.2) is 21.0 Å². The van der Waals surface area contributed by atoms with Crippen molar-refractivity contribution in [2.45, 2.75) is 26.6 Å². The highest BCUT2D eigenvalue weighted by molar-refractivity contribution is 5.90. The normalized spacial score (nSPS) is 11.6. The molecule has 9 nitrogen and oxygen atoms in total. The van der Waals surface area contributed by atoms with E-state index in [1.54, 1.807) is 6.20 Å². The van der Waals surface area contributed by atoms with Crippen LogP contribution in [0.1, 0.15) is 22.6 Å². The number of aromatic nitrogens is 3. The third-order valence-electron chi connectivity index (χ3n) is 4.67. The molecule has 0 aliphatic carbocycles. The number of carbonyl (C=O) groups excluding carboxylic acids is 1. The third kappa shape index (κ3) is 6.42. The van der Waals surface area contributed by atoms with Crippen molar-refractivity contribution in [1.82, 2.24) is 25.6 Å². The van der Waals surface area contributed by atoms with Gasteiger partial charge in [0.1, 0.15) is 6.33 Å². The molecule has 0 aliphatic rings. The molecule has 3 rings (SSSR count). The maximum atomic E-state index is 12.8. The zero-order valence-corrected chi connectivity index (χ0v) is 18.3. The number of nitrogens with zero attached hydrogens (tertiary/aromatic N) is 3. The number of rotatable bonds is 7. The number of urea groups is 1. The monoisotopic (exact) mass is 473 g/mol. The maximum Gasteiger partial charge on any atom is 0.416 e. The second-order valence-electron chi connectivity index (χ2n) is 7.12. The number of hydrogen-bond donors (Lipinski definition) is 4. The first kappa shape index (κ1) is 24.5. The van der Waals surface area contributed by atoms with Crippen molar-refractivity contribution in [2.75, 3.05) is 5.32 Å². The van der Waals surface area contributed by atoms with Gasteiger partial charge in [0.15, 0.2) is 0 Å². The second-order valence-corrected chi connectivity index (χ2v) is 7.12. The van der Waals surface area contributed by atoms with E-state index in [2.05, 4.69) is 35.7 Å². The van der Waals surface area contributed by atoms with Gasteiger partial charge >= 0.3 is 12.2 Å². The molecule has 178 valence electrons. The Morgan fingerprint density at radius 2 is 1.85 bits per heavy atom. The van der Waals surface area contributed by atoms with Gasteiger partial charge in [-0.25, -0.2) is 14.8 Å². The van der Waals surface area contributed by atoms with E-state index in [0.717, 1.165) is 34.6 Å². The van der Waals surface area contributed by atoms with Crippen LogP contribution in [-0.2, 0) is 17.6 Å². The third-order valence-corrected chi connectivity index (χ3v) is 4.67. The number of anilines is 1. The molecule has 2 aromatic heterocycles. The van der Waals surface area contributed by atoms with E-state index in [0.29, 0.717) is 5.69 Å². The summed E-state index contributed by atoms with van der Waals surface area (Å²) in [5.41, 5.74) is 3.26. The fraction of sp³-hybridized carbons (Fsp3) is 0.182. The molecule has 0 fully saturated rings. The minimum absolute atomic E-state index is 0.0461. The number of nitrogens with two attached hydrogens (primary N) is 1. The molecule has 0 spiro atoms. The van der Waals surface area contributed by atoms with Gasteiger partial charge < -0.3 is 15.5 Å². The first-order valence-electron chi connectivity index (χ1n) is 9.96. The molecule has 12 heteroatoms. The van der Waals surface area contributed by atoms with Crippen molar-refractivity contribution >= 4 is 11.7 Å². The molecule has 3 aromatic rings. The van der Waals surface area contributed by atoms with Crippen molar-refractivity contribution in [3.63, 3.8) is 0 Å². The van der Waals surface area contributed by atoms with Crippen LogP contribution in [0.25, 0.3) is 11.1 Å². The quantitative estimate of drug-likeness (QED) is 0.304. The topological polar surface area (TPSA) is 127 Å². The van der Waals surface area contributed by atoms with Gasteiger partial charge in [-0.05, 0) is 38.1 Å². The summed E-state index contributed by atoms with van der Waals surface area (Å²) in [5, 5.41) is 7.46. The number of nitrogens with one attached hydrogen (secondary N) is 3. The number of aryl methyl sites for hydroxylation is 2. The van der Waals surface area contributed by atoms with Crippen LogP contribution in [0.4, 0.5) is 23.7 Å². The van der Waals surface area contributed by atoms with Gasteiger partial charge in [-0.1, -0.05) is 12.1 Å². The summed E-state index contributed by atoms with van der Waals surface area (Å²) >= 11 is 0. The van der Waals surface area contributed by atoms with E-state index < -0.39 is 17.8 Å². The van der Waals surface area contributed by atoms with E-state index in [1.165, 1.54) is 24.7 Å². The SMILES string of the molecule is Cc1ncnc(C)c1-c1ccc(CN/C=C(/NC(=O)Nc2cccc(C(F)(F)F)c2)ON)nc1. The van der Waals surface area contributed by atoms with Crippen molar-refractivity contribution < 1.29 is 22.8 Å². The van der Waals surface area contributed by atoms with Crippen LogP contribution in [0.5, 0.6) is 0 Å². The molecule has 0 aliphatic heterocycles. The van der Waals surface area contributed by atoms with E-state index in [9.17, 15) is 18.0 Å². The summed E-state index contributed by atoms with van der Waals surface area (Å²) in [7, 11) is 0. The molecule has 0 saturated carbocycles. The highest BCUT2D eigenvalue weighted by atomic mass is 19.4. The molecule has 0 atom stereocenters. The van der Waals surface area contributed by atoms with Crippen molar-refractivity contribution in [3.05, 3.63) is 83.7 Å². The highest BCUT2D eigenvalue weighted by Crippen LogP contribution is 2.30. The Kier molecular flexibility index (Phi) is 7.64. The van der Waals surface area contributed by atoms with Crippen molar-refractivity contribution in [3.8, 4) is 11.1 Å². The standard InChI is InChI=1S/C22H22F3N7O2/c1-13-20(14(2)30-12-29-13)15-6-7-18(28-9-15)10-27-11-19(34-26)32-21(33)31-17-5-3-4-16(8-17)22(23,24)25/h3-9,11-12,27H,10,26H2,1-2H3,(H2,31,32,33)/b19-11-. The number of hydrogen-bond acceptors (Lipinski definition) is 7. The minimum Gasteiger partial charge on any atom is -0.391 e. The maximum absolute atomic E-state index is 12.8. The second kappa shape index (κ2) is 10.6. The number of alkyl halides is 3. The highest BCUT2D eigenvalue weighted by Gasteiger charge is 2.30. The Labute approximate surface area is 193 Å². The van der Waals surface area contributed by atoms with Gasteiger partial charge in [-0.3, -0.25) is 10.3 Å². The average molecular weight is 473 g/mol. The molecule has 0 unspecified atom stereocenters. The minimum atomic E-state index is -4.53. The van der Waals surface area contributed by atoms with Crippen LogP contribution in [0.3, 0.4) is 0 Å². The fourth-order valence-electron chi connectivity index (χ4n) is 3.08. The van der Waals surface area contributed by atoms with Gasteiger partial charge in [0, 0.05) is 34.4 Å². The van der Waals surface area contributed by atoms with Crippen LogP contribution in [0.2, 0.25) is 0 Å². The summed E-state index contributed by atoms with van der Waals surface area (Å²) < 4.78 is 38.4. The molecular formula is C22H22F3N7O2. The van der Waals surface area contributed by atoms with Gasteiger partial charge in [-0.15, -0.1) is 0 Å². The Balaban J connectivity index is 1.57. The predicted molar refractivity (Wildman–Crippen MR) is 119 cm³/mol. The Hall–Kier alpha value is -4.19. The number of amides is 2. The zero-order chi connectivity index (χ0) is 24.7.